The van der Waals surface area contributed by atoms with Crippen molar-refractivity contribution in [3.63, 3.8) is 0 Å². The third-order valence-electron chi connectivity index (χ3n) is 3.11. The molecule has 0 saturated carbocycles. The number of aromatic hydroxyl groups is 1. The average molecular weight is 272 g/mol. The Hall–Kier alpha value is -0.760. The van der Waals surface area contributed by atoms with E-state index >= 15 is 0 Å². The van der Waals surface area contributed by atoms with E-state index in [0.29, 0.717) is 5.75 Å². The molecule has 1 heterocycles. The summed E-state index contributed by atoms with van der Waals surface area (Å²) in [6.45, 7) is 3.27. The fraction of sp³-hybridized carbons (Fsp3) is 0.667. The van der Waals surface area contributed by atoms with Crippen LogP contribution in [0, 0.1) is 0 Å². The summed E-state index contributed by atoms with van der Waals surface area (Å²) in [5, 5.41) is 9.32. The van der Waals surface area contributed by atoms with Crippen LogP contribution in [0.3, 0.4) is 0 Å². The summed E-state index contributed by atoms with van der Waals surface area (Å²) in [4.78, 5) is 0. The first-order valence-corrected chi connectivity index (χ1v) is 7.01. The Labute approximate surface area is 117 Å². The van der Waals surface area contributed by atoms with E-state index in [-0.39, 0.29) is 12.4 Å². The lowest BCUT2D eigenvalue weighted by Gasteiger charge is -2.00. The van der Waals surface area contributed by atoms with Crippen molar-refractivity contribution in [2.45, 2.75) is 64.8 Å². The Morgan fingerprint density at radius 3 is 2.22 bits per heavy atom. The number of pyridine rings is 1. The number of unbranched alkanes of at least 4 members (excludes halogenated alkanes) is 7. The summed E-state index contributed by atoms with van der Waals surface area (Å²) in [6, 6.07) is 3.60. The topological polar surface area (TPSA) is 24.1 Å². The van der Waals surface area contributed by atoms with Gasteiger partial charge in [0, 0.05) is 12.5 Å². The zero-order valence-electron chi connectivity index (χ0n) is 11.4. The van der Waals surface area contributed by atoms with Crippen LogP contribution in [0.25, 0.3) is 0 Å². The molecule has 18 heavy (non-hydrogen) atoms. The molecule has 1 aromatic heterocycles. The van der Waals surface area contributed by atoms with Gasteiger partial charge in [-0.25, -0.2) is 4.57 Å². The molecule has 3 heteroatoms. The molecule has 0 aliphatic heterocycles. The first-order valence-electron chi connectivity index (χ1n) is 7.01. The van der Waals surface area contributed by atoms with Crippen molar-refractivity contribution < 1.29 is 22.1 Å². The molecular weight excluding hydrogens is 246 g/mol. The van der Waals surface area contributed by atoms with Crippen LogP contribution in [0.15, 0.2) is 24.5 Å². The van der Waals surface area contributed by atoms with Crippen LogP contribution in [-0.4, -0.2) is 5.11 Å². The largest absolute Gasteiger partial charge is 1.00 e. The van der Waals surface area contributed by atoms with E-state index in [1.807, 2.05) is 12.3 Å². The van der Waals surface area contributed by atoms with Crippen molar-refractivity contribution >= 4 is 0 Å². The van der Waals surface area contributed by atoms with Crippen molar-refractivity contribution in [3.05, 3.63) is 24.5 Å². The molecule has 0 aromatic carbocycles. The number of rotatable bonds is 9. The minimum atomic E-state index is 0. The third kappa shape index (κ3) is 8.35. The standard InChI is InChI=1S/C15H25NO.ClH/c1-2-3-4-5-6-7-8-9-12-16-13-10-11-15(17)14-16;/h10-11,13-14H,2-9,12H2,1H3;1H. The number of aryl methyl sites for hydroxylation is 1. The van der Waals surface area contributed by atoms with Gasteiger partial charge < -0.3 is 17.5 Å². The first kappa shape index (κ1) is 17.2. The molecule has 1 rings (SSSR count). The van der Waals surface area contributed by atoms with Crippen LogP contribution in [0.1, 0.15) is 58.3 Å². The van der Waals surface area contributed by atoms with Crippen molar-refractivity contribution in [3.8, 4) is 5.75 Å². The summed E-state index contributed by atoms with van der Waals surface area (Å²) in [5.74, 6) is 0.354. The number of hydrogen-bond donors (Lipinski definition) is 1. The Morgan fingerprint density at radius 1 is 1.00 bits per heavy atom. The van der Waals surface area contributed by atoms with E-state index < -0.39 is 0 Å². The molecule has 0 atom stereocenters. The Balaban J connectivity index is 0.00000289. The van der Waals surface area contributed by atoms with Gasteiger partial charge in [0.15, 0.2) is 11.9 Å². The fourth-order valence-corrected chi connectivity index (χ4v) is 2.08. The van der Waals surface area contributed by atoms with E-state index in [2.05, 4.69) is 11.5 Å². The van der Waals surface area contributed by atoms with Gasteiger partial charge in [-0.2, -0.15) is 0 Å². The SMILES string of the molecule is CCCCCCCCCC[n+]1cccc(O)c1.[Cl-]. The Kier molecular flexibility index (Phi) is 10.9. The Morgan fingerprint density at radius 2 is 1.61 bits per heavy atom. The van der Waals surface area contributed by atoms with Crippen LogP contribution in [0.2, 0.25) is 0 Å². The second-order valence-corrected chi connectivity index (χ2v) is 4.77. The highest BCUT2D eigenvalue weighted by Crippen LogP contribution is 2.08. The summed E-state index contributed by atoms with van der Waals surface area (Å²) in [5.41, 5.74) is 0. The number of aromatic nitrogens is 1. The molecule has 0 bridgehead atoms. The molecule has 0 spiro atoms. The molecule has 2 nitrogen and oxygen atoms in total. The van der Waals surface area contributed by atoms with Gasteiger partial charge in [0.05, 0.1) is 0 Å². The molecule has 0 amide bonds. The number of nitrogens with zero attached hydrogens (tertiary/aromatic N) is 1. The molecular formula is C15H26ClNO. The predicted octanol–water partition coefficient (Wildman–Crippen LogP) is 0.824. The van der Waals surface area contributed by atoms with Gasteiger partial charge in [0.1, 0.15) is 6.54 Å². The van der Waals surface area contributed by atoms with Gasteiger partial charge in [0.2, 0.25) is 6.20 Å². The maximum absolute atomic E-state index is 9.32. The first-order chi connectivity index (χ1) is 8.33. The predicted molar refractivity (Wildman–Crippen MR) is 70.9 cm³/mol. The maximum Gasteiger partial charge on any atom is 0.210 e. The fourth-order valence-electron chi connectivity index (χ4n) is 2.08. The van der Waals surface area contributed by atoms with Crippen LogP contribution in [0.5, 0.6) is 5.75 Å². The molecule has 0 unspecified atom stereocenters. The molecule has 1 N–H and O–H groups in total. The van der Waals surface area contributed by atoms with Gasteiger partial charge in [-0.3, -0.25) is 0 Å². The highest BCUT2D eigenvalue weighted by Gasteiger charge is 2.00. The van der Waals surface area contributed by atoms with E-state index in [9.17, 15) is 5.11 Å². The lowest BCUT2D eigenvalue weighted by molar-refractivity contribution is -0.697. The van der Waals surface area contributed by atoms with Crippen molar-refractivity contribution in [2.75, 3.05) is 0 Å². The normalized spacial score (nSPS) is 10.1. The van der Waals surface area contributed by atoms with Crippen molar-refractivity contribution in [2.24, 2.45) is 0 Å². The molecule has 0 aliphatic rings. The summed E-state index contributed by atoms with van der Waals surface area (Å²) in [7, 11) is 0. The van der Waals surface area contributed by atoms with Crippen LogP contribution in [-0.2, 0) is 6.54 Å². The average Bonchev–Trinajstić information content (AvgIpc) is 2.33. The summed E-state index contributed by atoms with van der Waals surface area (Å²) < 4.78 is 2.06. The number of hydrogen-bond acceptors (Lipinski definition) is 1. The zero-order chi connectivity index (χ0) is 12.3. The molecule has 0 saturated heterocycles. The van der Waals surface area contributed by atoms with Crippen molar-refractivity contribution in [1.82, 2.24) is 0 Å². The third-order valence-corrected chi connectivity index (χ3v) is 3.11. The summed E-state index contributed by atoms with van der Waals surface area (Å²) in [6.07, 6.45) is 14.6. The molecule has 104 valence electrons. The van der Waals surface area contributed by atoms with E-state index in [1.54, 1.807) is 12.3 Å². The van der Waals surface area contributed by atoms with Gasteiger partial charge in [-0.1, -0.05) is 45.4 Å². The summed E-state index contributed by atoms with van der Waals surface area (Å²) >= 11 is 0. The Bertz CT molecular complexity index is 304. The maximum atomic E-state index is 9.32. The van der Waals surface area contributed by atoms with Gasteiger partial charge in [0.25, 0.3) is 0 Å². The van der Waals surface area contributed by atoms with Crippen molar-refractivity contribution in [1.29, 1.82) is 0 Å². The minimum Gasteiger partial charge on any atom is -1.00 e. The van der Waals surface area contributed by atoms with Crippen LogP contribution >= 0.6 is 0 Å². The van der Waals surface area contributed by atoms with Gasteiger partial charge in [-0.05, 0) is 12.5 Å². The highest BCUT2D eigenvalue weighted by atomic mass is 35.5. The van der Waals surface area contributed by atoms with E-state index in [1.165, 1.54) is 51.4 Å². The second kappa shape index (κ2) is 11.3. The smallest absolute Gasteiger partial charge is 0.210 e. The lowest BCUT2D eigenvalue weighted by atomic mass is 10.1. The van der Waals surface area contributed by atoms with E-state index in [4.69, 9.17) is 0 Å². The quantitative estimate of drug-likeness (QED) is 0.522. The number of halogens is 1. The monoisotopic (exact) mass is 271 g/mol. The molecule has 0 aliphatic carbocycles. The lowest BCUT2D eigenvalue weighted by Crippen LogP contribution is -3.00. The zero-order valence-corrected chi connectivity index (χ0v) is 12.2. The van der Waals surface area contributed by atoms with Gasteiger partial charge >= 0.3 is 0 Å². The second-order valence-electron chi connectivity index (χ2n) is 4.77. The highest BCUT2D eigenvalue weighted by molar-refractivity contribution is 5.09. The molecule has 1 aromatic rings. The molecule has 0 fully saturated rings. The minimum absolute atomic E-state index is 0. The van der Waals surface area contributed by atoms with Crippen LogP contribution < -0.4 is 17.0 Å². The molecule has 0 radical (unpaired) electrons. The van der Waals surface area contributed by atoms with Gasteiger partial charge in [-0.15, -0.1) is 0 Å². The van der Waals surface area contributed by atoms with E-state index in [0.717, 1.165) is 6.54 Å². The van der Waals surface area contributed by atoms with Crippen LogP contribution in [0.4, 0.5) is 0 Å².